The molecule has 2 fully saturated rings. The maximum absolute atomic E-state index is 13.3. The van der Waals surface area contributed by atoms with Crippen molar-refractivity contribution in [3.05, 3.63) is 10.4 Å². The van der Waals surface area contributed by atoms with Crippen molar-refractivity contribution < 1.29 is 33.8 Å². The topological polar surface area (TPSA) is 206 Å². The maximum atomic E-state index is 13.3. The van der Waals surface area contributed by atoms with Gasteiger partial charge in [-0.2, -0.15) is 0 Å². The number of aliphatic hydroxyl groups excluding tert-OH is 1. The smallest absolute Gasteiger partial charge is 0.245 e. The molecule has 0 spiro atoms. The Morgan fingerprint density at radius 2 is 1.82 bits per heavy atom. The van der Waals surface area contributed by atoms with Gasteiger partial charge >= 0.3 is 0 Å². The lowest BCUT2D eigenvalue weighted by Crippen LogP contribution is -2.57. The summed E-state index contributed by atoms with van der Waals surface area (Å²) < 4.78 is 5.29. The number of ketones is 1. The summed E-state index contributed by atoms with van der Waals surface area (Å²) in [4.78, 5) is 68.1. The van der Waals surface area contributed by atoms with Crippen molar-refractivity contribution in [3.63, 3.8) is 0 Å². The van der Waals surface area contributed by atoms with Crippen molar-refractivity contribution in [1.29, 1.82) is 0 Å². The molecule has 0 aromatic carbocycles. The van der Waals surface area contributed by atoms with Crippen LogP contribution in [0.1, 0.15) is 66.7 Å². The van der Waals surface area contributed by atoms with Gasteiger partial charge in [-0.3, -0.25) is 24.0 Å². The third-order valence-electron chi connectivity index (χ3n) is 6.81. The molecular weight excluding hydrogens is 510 g/mol. The van der Waals surface area contributed by atoms with Gasteiger partial charge in [0, 0.05) is 17.9 Å². The zero-order valence-corrected chi connectivity index (χ0v) is 23.3. The van der Waals surface area contributed by atoms with E-state index in [4.69, 9.17) is 10.3 Å². The van der Waals surface area contributed by atoms with Gasteiger partial charge in [0.15, 0.2) is 5.78 Å². The van der Waals surface area contributed by atoms with Gasteiger partial charge in [-0.25, -0.2) is 0 Å². The number of likely N-dealkylation sites (tertiary alicyclic amines) is 1. The van der Waals surface area contributed by atoms with Crippen LogP contribution in [0.2, 0.25) is 0 Å². The molecule has 0 radical (unpaired) electrons. The number of carbonyl (C=O) groups excluding carboxylic acids is 5. The minimum atomic E-state index is -1.06. The summed E-state index contributed by atoms with van der Waals surface area (Å²) in [6, 6.07) is -3.83. The van der Waals surface area contributed by atoms with Crippen molar-refractivity contribution in [3.8, 4) is 0 Å². The number of amides is 4. The Bertz CT molecular complexity index is 978. The molecule has 218 valence electrons. The Morgan fingerprint density at radius 1 is 1.15 bits per heavy atom. The van der Waals surface area contributed by atoms with E-state index in [1.165, 1.54) is 11.8 Å². The summed E-state index contributed by atoms with van der Waals surface area (Å²) in [5.74, 6) is -2.48. The number of rotatable bonds is 15. The standard InChI is InChI=1S/C25H41N7O7/c1-6-7-8-17(22(36)30-18(9-14(2)3)21(35)25(5)13-39-25)29-23(37)19-10-16(33)12-32(19)24(38)15(4)28-20(34)11-27-31-26/h14-19,33H,6-13H2,1-5H3,(H,28,34)(H,29,37)(H,30,36)/t15-,16+,17-,18-,19-,25+/m0/s1. The predicted octanol–water partition coefficient (Wildman–Crippen LogP) is 0.327. The highest BCUT2D eigenvalue weighted by atomic mass is 16.6. The van der Waals surface area contributed by atoms with Crippen molar-refractivity contribution in [2.24, 2.45) is 11.0 Å². The van der Waals surface area contributed by atoms with E-state index in [1.807, 2.05) is 20.8 Å². The van der Waals surface area contributed by atoms with E-state index in [0.717, 1.165) is 6.42 Å². The first-order chi connectivity index (χ1) is 18.3. The van der Waals surface area contributed by atoms with Crippen LogP contribution in [0.3, 0.4) is 0 Å². The number of unbranched alkanes of at least 4 members (excludes halogenated alkanes) is 1. The number of Topliss-reactive ketones (excluding diaryl/α,β-unsaturated/α-hetero) is 1. The van der Waals surface area contributed by atoms with Gasteiger partial charge in [0.2, 0.25) is 23.6 Å². The number of aliphatic hydroxyl groups is 1. The quantitative estimate of drug-likeness (QED) is 0.0969. The van der Waals surface area contributed by atoms with Crippen LogP contribution in [0.15, 0.2) is 5.11 Å². The van der Waals surface area contributed by atoms with Crippen molar-refractivity contribution in [2.75, 3.05) is 19.7 Å². The Balaban J connectivity index is 2.13. The highest BCUT2D eigenvalue weighted by Gasteiger charge is 2.50. The zero-order valence-electron chi connectivity index (χ0n) is 23.3. The Kier molecular flexibility index (Phi) is 11.7. The number of carbonyl (C=O) groups is 5. The third kappa shape index (κ3) is 9.19. The maximum Gasteiger partial charge on any atom is 0.245 e. The fourth-order valence-electron chi connectivity index (χ4n) is 4.54. The van der Waals surface area contributed by atoms with Gasteiger partial charge in [-0.05, 0) is 38.1 Å². The molecule has 2 heterocycles. The van der Waals surface area contributed by atoms with Crippen LogP contribution in [0.5, 0.6) is 0 Å². The number of nitrogens with zero attached hydrogens (tertiary/aromatic N) is 4. The van der Waals surface area contributed by atoms with E-state index in [2.05, 4.69) is 26.0 Å². The number of nitrogens with one attached hydrogen (secondary N) is 3. The molecule has 0 aliphatic carbocycles. The predicted molar refractivity (Wildman–Crippen MR) is 140 cm³/mol. The molecule has 0 aromatic heterocycles. The number of β-amino-alcohol motifs (C(OH)–C–C–N with tert-alkyl or cyclic N) is 1. The molecule has 4 N–H and O–H groups in total. The first-order valence-corrected chi connectivity index (χ1v) is 13.4. The van der Waals surface area contributed by atoms with E-state index >= 15 is 0 Å². The summed E-state index contributed by atoms with van der Waals surface area (Å²) in [7, 11) is 0. The largest absolute Gasteiger partial charge is 0.391 e. The molecule has 2 rings (SSSR count). The van der Waals surface area contributed by atoms with Crippen LogP contribution in [0.25, 0.3) is 10.4 Å². The minimum Gasteiger partial charge on any atom is -0.391 e. The average molecular weight is 552 g/mol. The molecule has 0 bridgehead atoms. The average Bonchev–Trinajstić information content (AvgIpc) is 3.51. The molecule has 2 aliphatic rings. The SMILES string of the molecule is CCCC[C@H](NC(=O)[C@@H]1C[C@@H](O)CN1C(=O)[C@H](C)NC(=O)CN=[N+]=[N-])C(=O)N[C@@H](CC(C)C)C(=O)[C@@]1(C)CO1. The number of hydrogen-bond donors (Lipinski definition) is 4. The highest BCUT2D eigenvalue weighted by Crippen LogP contribution is 2.29. The van der Waals surface area contributed by atoms with Crippen molar-refractivity contribution in [1.82, 2.24) is 20.9 Å². The van der Waals surface area contributed by atoms with Gasteiger partial charge in [-0.15, -0.1) is 0 Å². The Morgan fingerprint density at radius 3 is 2.38 bits per heavy atom. The Labute approximate surface area is 228 Å². The van der Waals surface area contributed by atoms with Gasteiger partial charge in [0.25, 0.3) is 0 Å². The van der Waals surface area contributed by atoms with Crippen molar-refractivity contribution in [2.45, 2.75) is 103 Å². The summed E-state index contributed by atoms with van der Waals surface area (Å²) in [6.45, 7) is 8.62. The van der Waals surface area contributed by atoms with E-state index in [0.29, 0.717) is 25.9 Å². The molecule has 6 atom stereocenters. The van der Waals surface area contributed by atoms with Crippen LogP contribution in [-0.4, -0.2) is 95.0 Å². The highest BCUT2D eigenvalue weighted by molar-refractivity contribution is 5.98. The second kappa shape index (κ2) is 14.2. The fourth-order valence-corrected chi connectivity index (χ4v) is 4.54. The second-order valence-corrected chi connectivity index (χ2v) is 10.9. The van der Waals surface area contributed by atoms with Crippen LogP contribution < -0.4 is 16.0 Å². The third-order valence-corrected chi connectivity index (χ3v) is 6.81. The molecule has 2 saturated heterocycles. The lowest BCUT2D eigenvalue weighted by atomic mass is 9.93. The van der Waals surface area contributed by atoms with E-state index in [-0.39, 0.29) is 24.7 Å². The molecule has 0 saturated carbocycles. The molecule has 39 heavy (non-hydrogen) atoms. The van der Waals surface area contributed by atoms with Crippen LogP contribution in [0.4, 0.5) is 0 Å². The lowest BCUT2D eigenvalue weighted by molar-refractivity contribution is -0.142. The molecule has 14 nitrogen and oxygen atoms in total. The minimum absolute atomic E-state index is 0.0385. The van der Waals surface area contributed by atoms with Gasteiger partial charge in [-0.1, -0.05) is 38.7 Å². The normalized spacial score (nSPS) is 24.2. The number of ether oxygens (including phenoxy) is 1. The summed E-state index contributed by atoms with van der Waals surface area (Å²) >= 11 is 0. The van der Waals surface area contributed by atoms with Gasteiger partial charge in [0.05, 0.1) is 18.8 Å². The van der Waals surface area contributed by atoms with E-state index in [1.54, 1.807) is 6.92 Å². The van der Waals surface area contributed by atoms with Gasteiger partial charge in [0.1, 0.15) is 30.3 Å². The Hall–Kier alpha value is -3.22. The monoisotopic (exact) mass is 551 g/mol. The van der Waals surface area contributed by atoms with Gasteiger partial charge < -0.3 is 30.7 Å². The number of hydrogen-bond acceptors (Lipinski definition) is 8. The second-order valence-electron chi connectivity index (χ2n) is 10.9. The molecule has 0 aromatic rings. The van der Waals surface area contributed by atoms with E-state index in [9.17, 15) is 29.1 Å². The first-order valence-electron chi connectivity index (χ1n) is 13.4. The molecule has 4 amide bonds. The lowest BCUT2D eigenvalue weighted by Gasteiger charge is -2.29. The summed E-state index contributed by atoms with van der Waals surface area (Å²) in [5, 5.41) is 21.3. The fraction of sp³-hybridized carbons (Fsp3) is 0.800. The van der Waals surface area contributed by atoms with Crippen molar-refractivity contribution >= 4 is 29.4 Å². The number of azide groups is 1. The molecule has 2 aliphatic heterocycles. The molecule has 14 heteroatoms. The summed E-state index contributed by atoms with van der Waals surface area (Å²) in [5.41, 5.74) is 7.44. The van der Waals surface area contributed by atoms with Crippen LogP contribution >= 0.6 is 0 Å². The zero-order chi connectivity index (χ0) is 29.3. The summed E-state index contributed by atoms with van der Waals surface area (Å²) in [6.07, 6.45) is 1.12. The van der Waals surface area contributed by atoms with E-state index < -0.39 is 66.0 Å². The van der Waals surface area contributed by atoms with Crippen LogP contribution in [-0.2, 0) is 28.7 Å². The molecular formula is C25H41N7O7. The first kappa shape index (κ1) is 32.0. The molecule has 0 unspecified atom stereocenters. The number of epoxide rings is 1. The van der Waals surface area contributed by atoms with Crippen LogP contribution in [0, 0.1) is 5.92 Å².